The van der Waals surface area contributed by atoms with Gasteiger partial charge >= 0.3 is 149 Å². The number of hydrogen-bond donors (Lipinski definition) is 0. The van der Waals surface area contributed by atoms with Crippen LogP contribution in [0.3, 0.4) is 0 Å². The molecule has 0 fully saturated rings. The van der Waals surface area contributed by atoms with Gasteiger partial charge in [0.15, 0.2) is 0 Å². The minimum absolute atomic E-state index is 1.29. The first-order chi connectivity index (χ1) is 11.0. The summed E-state index contributed by atoms with van der Waals surface area (Å²) >= 11 is -2.55. The van der Waals surface area contributed by atoms with Gasteiger partial charge in [-0.2, -0.15) is 0 Å². The van der Waals surface area contributed by atoms with Crippen LogP contribution in [0.4, 0.5) is 0 Å². The van der Waals surface area contributed by atoms with Crippen LogP contribution in [-0.2, 0) is 0 Å². The summed E-state index contributed by atoms with van der Waals surface area (Å²) in [7, 11) is -1.29. The van der Waals surface area contributed by atoms with Gasteiger partial charge in [0.2, 0.25) is 0 Å². The van der Waals surface area contributed by atoms with Gasteiger partial charge in [0.1, 0.15) is 0 Å². The number of fused-ring (bicyclic) bond motifs is 1. The Balaban J connectivity index is 2.65. The molecule has 0 saturated carbocycles. The summed E-state index contributed by atoms with van der Waals surface area (Å²) in [6.45, 7) is 12.4. The molecule has 1 aromatic rings. The molecule has 2 heteroatoms. The molecule has 0 unspecified atom stereocenters. The second kappa shape index (κ2) is 8.20. The Morgan fingerprint density at radius 1 is 0.913 bits per heavy atom. The number of unbranched alkanes of at least 4 members (excludes halogenated alkanes) is 2. The van der Waals surface area contributed by atoms with Gasteiger partial charge in [-0.15, -0.1) is 0 Å². The van der Waals surface area contributed by atoms with Crippen molar-refractivity contribution in [2.24, 2.45) is 0 Å². The molecule has 0 amide bonds. The van der Waals surface area contributed by atoms with Crippen LogP contribution < -0.4 is 3.58 Å². The van der Waals surface area contributed by atoms with Gasteiger partial charge in [-0.25, -0.2) is 0 Å². The molecule has 0 bridgehead atoms. The molecule has 0 radical (unpaired) electrons. The van der Waals surface area contributed by atoms with Crippen LogP contribution in [0.2, 0.25) is 28.5 Å². The van der Waals surface area contributed by atoms with E-state index in [1.54, 1.807) is 3.58 Å². The van der Waals surface area contributed by atoms with Crippen molar-refractivity contribution in [3.05, 3.63) is 45.2 Å². The van der Waals surface area contributed by atoms with E-state index in [0.717, 1.165) is 0 Å². The van der Waals surface area contributed by atoms with Crippen LogP contribution in [0.1, 0.15) is 45.1 Å². The molecule has 0 aliphatic carbocycles. The molecule has 0 saturated heterocycles. The van der Waals surface area contributed by atoms with Crippen LogP contribution >= 0.6 is 0 Å². The summed E-state index contributed by atoms with van der Waals surface area (Å²) < 4.78 is 6.79. The SMILES string of the molecule is CCC[CH2][Sn]1([CH2]CCC)[C]([Si](C)(C)C)=CC=Cc2cccc[c]21. The molecular weight excluding hydrogens is 399 g/mol. The van der Waals surface area contributed by atoms with E-state index < -0.39 is 26.5 Å². The maximum atomic E-state index is 2.58. The van der Waals surface area contributed by atoms with Gasteiger partial charge in [0, 0.05) is 0 Å². The van der Waals surface area contributed by atoms with E-state index >= 15 is 0 Å². The third-order valence-electron chi connectivity index (χ3n) is 5.25. The molecule has 1 aliphatic rings. The molecule has 0 atom stereocenters. The number of benzene rings is 1. The van der Waals surface area contributed by atoms with Crippen LogP contribution in [0.5, 0.6) is 0 Å². The van der Waals surface area contributed by atoms with Crippen molar-refractivity contribution in [3.8, 4) is 0 Å². The quantitative estimate of drug-likeness (QED) is 0.442. The van der Waals surface area contributed by atoms with E-state index in [9.17, 15) is 0 Å². The average molecular weight is 433 g/mol. The van der Waals surface area contributed by atoms with Crippen LogP contribution in [-0.4, -0.2) is 26.5 Å². The predicted octanol–water partition coefficient (Wildman–Crippen LogP) is 6.31. The standard InChI is InChI=1S/C13H16Si.2C4H9.Sn/c1-14(2,3)12-8-7-11-13-9-5-4-6-10-13;2*1-3-4-2;/h4-9,11H,1-3H3;2*1,3-4H2,2H3;. The molecule has 1 heterocycles. The minimum atomic E-state index is -2.55. The summed E-state index contributed by atoms with van der Waals surface area (Å²) in [6.07, 6.45) is 12.8. The first kappa shape index (κ1) is 19.0. The Kier molecular flexibility index (Phi) is 6.79. The van der Waals surface area contributed by atoms with E-state index in [1.165, 1.54) is 40.1 Å². The first-order valence-corrected chi connectivity index (χ1v) is 19.8. The van der Waals surface area contributed by atoms with Gasteiger partial charge in [-0.05, 0) is 0 Å². The fraction of sp³-hybridized carbons (Fsp3) is 0.524. The number of rotatable bonds is 7. The molecule has 0 nitrogen and oxygen atoms in total. The van der Waals surface area contributed by atoms with Crippen molar-refractivity contribution < 1.29 is 0 Å². The zero-order valence-corrected chi connectivity index (χ0v) is 19.6. The predicted molar refractivity (Wildman–Crippen MR) is 112 cm³/mol. The number of allylic oxidation sites excluding steroid dienone is 2. The van der Waals surface area contributed by atoms with Crippen molar-refractivity contribution in [2.75, 3.05) is 0 Å². The van der Waals surface area contributed by atoms with Crippen LogP contribution in [0.15, 0.2) is 39.6 Å². The van der Waals surface area contributed by atoms with Crippen molar-refractivity contribution in [3.63, 3.8) is 0 Å². The molecular formula is C21H34SiSn. The van der Waals surface area contributed by atoms with E-state index in [-0.39, 0.29) is 0 Å². The zero-order valence-electron chi connectivity index (χ0n) is 15.8. The third kappa shape index (κ3) is 4.22. The van der Waals surface area contributed by atoms with E-state index in [1.807, 2.05) is 3.21 Å². The van der Waals surface area contributed by atoms with Crippen molar-refractivity contribution in [2.45, 2.75) is 68.0 Å². The van der Waals surface area contributed by atoms with Crippen LogP contribution in [0, 0.1) is 0 Å². The zero-order chi connectivity index (χ0) is 16.9. The molecule has 0 aromatic heterocycles. The normalized spacial score (nSPS) is 16.7. The molecule has 1 aromatic carbocycles. The van der Waals surface area contributed by atoms with E-state index in [0.29, 0.717) is 0 Å². The molecule has 2 rings (SSSR count). The summed E-state index contributed by atoms with van der Waals surface area (Å²) in [5.74, 6) is 0. The monoisotopic (exact) mass is 434 g/mol. The Hall–Kier alpha value is -0.284. The molecule has 0 spiro atoms. The Bertz CT molecular complexity index is 570. The summed E-state index contributed by atoms with van der Waals surface area (Å²) in [5.41, 5.74) is 1.53. The van der Waals surface area contributed by atoms with Gasteiger partial charge in [0.05, 0.1) is 0 Å². The third-order valence-corrected chi connectivity index (χ3v) is 31.2. The van der Waals surface area contributed by atoms with E-state index in [4.69, 9.17) is 0 Å². The van der Waals surface area contributed by atoms with Gasteiger partial charge in [-0.3, -0.25) is 0 Å². The van der Waals surface area contributed by atoms with Gasteiger partial charge < -0.3 is 0 Å². The molecule has 1 aliphatic heterocycles. The Morgan fingerprint density at radius 2 is 1.52 bits per heavy atom. The summed E-state index contributed by atoms with van der Waals surface area (Å²) in [5, 5.41) is 0. The second-order valence-corrected chi connectivity index (χ2v) is 26.6. The van der Waals surface area contributed by atoms with Crippen molar-refractivity contribution in [1.29, 1.82) is 0 Å². The van der Waals surface area contributed by atoms with E-state index in [2.05, 4.69) is 76.0 Å². The summed E-state index contributed by atoms with van der Waals surface area (Å²) in [4.78, 5) is 0. The number of hydrogen-bond acceptors (Lipinski definition) is 0. The molecule has 0 N–H and O–H groups in total. The van der Waals surface area contributed by atoms with Crippen molar-refractivity contribution >= 4 is 36.1 Å². The fourth-order valence-electron chi connectivity index (χ4n) is 4.22. The second-order valence-electron chi connectivity index (χ2n) is 8.07. The Morgan fingerprint density at radius 3 is 2.09 bits per heavy atom. The Labute approximate surface area is 149 Å². The van der Waals surface area contributed by atoms with Crippen LogP contribution in [0.25, 0.3) is 6.08 Å². The van der Waals surface area contributed by atoms with Gasteiger partial charge in [-0.1, -0.05) is 0 Å². The molecule has 23 heavy (non-hydrogen) atoms. The summed E-state index contributed by atoms with van der Waals surface area (Å²) in [6, 6.07) is 9.37. The van der Waals surface area contributed by atoms with Crippen molar-refractivity contribution in [1.82, 2.24) is 0 Å². The fourth-order valence-corrected chi connectivity index (χ4v) is 35.6. The molecule has 126 valence electrons. The maximum absolute atomic E-state index is 2.58. The average Bonchev–Trinajstić information content (AvgIpc) is 2.68. The van der Waals surface area contributed by atoms with Gasteiger partial charge in [0.25, 0.3) is 0 Å². The topological polar surface area (TPSA) is 0 Å². The first-order valence-electron chi connectivity index (χ1n) is 9.44.